The summed E-state index contributed by atoms with van der Waals surface area (Å²) in [7, 11) is 0. The zero-order valence-corrected chi connectivity index (χ0v) is 11.3. The van der Waals surface area contributed by atoms with E-state index in [-0.39, 0.29) is 5.04 Å². The third kappa shape index (κ3) is 4.33. The average Bonchev–Trinajstić information content (AvgIpc) is 2.41. The van der Waals surface area contributed by atoms with Gasteiger partial charge < -0.3 is 0 Å². The maximum absolute atomic E-state index is 12.6. The highest BCUT2D eigenvalue weighted by Gasteiger charge is 2.12. The van der Waals surface area contributed by atoms with E-state index >= 15 is 0 Å². The first-order valence-corrected chi connectivity index (χ1v) is 6.75. The number of halogens is 3. The summed E-state index contributed by atoms with van der Waals surface area (Å²) in [5.74, 6) is -2.51. The third-order valence-corrected chi connectivity index (χ3v) is 3.26. The summed E-state index contributed by atoms with van der Waals surface area (Å²) in [5, 5.41) is 0.875. The van der Waals surface area contributed by atoms with Crippen LogP contribution in [-0.4, -0.2) is 10.8 Å². The third-order valence-electron chi connectivity index (χ3n) is 2.28. The number of benzene rings is 2. The molecule has 0 radical (unpaired) electrons. The maximum Gasteiger partial charge on any atom is 0.290 e. The van der Waals surface area contributed by atoms with E-state index in [9.17, 15) is 8.78 Å². The van der Waals surface area contributed by atoms with Crippen LogP contribution in [0.3, 0.4) is 0 Å². The minimum absolute atomic E-state index is 0.290. The smallest absolute Gasteiger partial charge is 0.241 e. The van der Waals surface area contributed by atoms with Crippen molar-refractivity contribution in [3.63, 3.8) is 0 Å². The Labute approximate surface area is 119 Å². The molecule has 0 fully saturated rings. The number of nitrogens with zero attached hydrogens (tertiary/aromatic N) is 1. The maximum atomic E-state index is 12.6. The summed E-state index contributed by atoms with van der Waals surface area (Å²) in [6.45, 7) is 0. The van der Waals surface area contributed by atoms with Gasteiger partial charge in [0.1, 0.15) is 5.04 Å². The molecule has 0 heterocycles. The number of thioether (sulfide) groups is 1. The Bertz CT molecular complexity index is 555. The summed E-state index contributed by atoms with van der Waals surface area (Å²) in [5.41, 5.74) is 1.26. The molecule has 0 unspecified atom stereocenters. The lowest BCUT2D eigenvalue weighted by atomic mass is 10.2. The molecule has 5 heteroatoms. The number of alkyl halides is 2. The second-order valence-electron chi connectivity index (χ2n) is 3.64. The van der Waals surface area contributed by atoms with E-state index in [4.69, 9.17) is 11.6 Å². The first-order chi connectivity index (χ1) is 9.15. The molecule has 0 aromatic heterocycles. The second kappa shape index (κ2) is 6.68. The fourth-order valence-corrected chi connectivity index (χ4v) is 2.18. The predicted octanol–water partition coefficient (Wildman–Crippen LogP) is 5.37. The molecule has 0 amide bonds. The van der Waals surface area contributed by atoms with Crippen LogP contribution in [0, 0.1) is 0 Å². The normalized spacial score (nSPS) is 11.9. The van der Waals surface area contributed by atoms with Gasteiger partial charge in [-0.15, -0.1) is 0 Å². The summed E-state index contributed by atoms with van der Waals surface area (Å²) >= 11 is 6.21. The van der Waals surface area contributed by atoms with Crippen LogP contribution in [0.25, 0.3) is 0 Å². The zero-order chi connectivity index (χ0) is 13.7. The van der Waals surface area contributed by atoms with Gasteiger partial charge in [0, 0.05) is 10.6 Å². The van der Waals surface area contributed by atoms with Gasteiger partial charge in [-0.3, -0.25) is 0 Å². The van der Waals surface area contributed by atoms with E-state index in [1.165, 1.54) is 0 Å². The van der Waals surface area contributed by atoms with Crippen LogP contribution in [0.5, 0.6) is 0 Å². The Balaban J connectivity index is 2.35. The van der Waals surface area contributed by atoms with Crippen LogP contribution < -0.4 is 0 Å². The van der Waals surface area contributed by atoms with E-state index in [0.717, 1.165) is 0 Å². The molecule has 0 N–H and O–H groups in total. The lowest BCUT2D eigenvalue weighted by Gasteiger charge is -2.06. The molecule has 2 rings (SSSR count). The van der Waals surface area contributed by atoms with Crippen LogP contribution in [-0.2, 0) is 0 Å². The molecule has 0 aliphatic heterocycles. The molecular formula is C14H10ClF2NS. The van der Waals surface area contributed by atoms with Crippen LogP contribution in [0.2, 0.25) is 5.02 Å². The van der Waals surface area contributed by atoms with Crippen LogP contribution in [0.1, 0.15) is 5.56 Å². The van der Waals surface area contributed by atoms with E-state index in [2.05, 4.69) is 4.99 Å². The Kier molecular flexibility index (Phi) is 4.93. The molecule has 0 bridgehead atoms. The Hall–Kier alpha value is -1.39. The number of hydrogen-bond acceptors (Lipinski definition) is 2. The van der Waals surface area contributed by atoms with Crippen molar-refractivity contribution in [1.82, 2.24) is 0 Å². The lowest BCUT2D eigenvalue weighted by molar-refractivity contribution is 0.253. The second-order valence-corrected chi connectivity index (χ2v) is 5.05. The van der Waals surface area contributed by atoms with Gasteiger partial charge in [0.15, 0.2) is 0 Å². The van der Waals surface area contributed by atoms with Crippen LogP contribution >= 0.6 is 23.4 Å². The van der Waals surface area contributed by atoms with Crippen molar-refractivity contribution in [2.45, 2.75) is 5.76 Å². The quantitative estimate of drug-likeness (QED) is 0.548. The molecule has 2 aromatic carbocycles. The van der Waals surface area contributed by atoms with Crippen molar-refractivity contribution in [2.24, 2.45) is 4.99 Å². The molecule has 0 atom stereocenters. The van der Waals surface area contributed by atoms with Gasteiger partial charge in [-0.25, -0.2) is 4.99 Å². The number of aliphatic imine (C=N–C) groups is 1. The first kappa shape index (κ1) is 14.0. The molecule has 0 saturated carbocycles. The van der Waals surface area contributed by atoms with Crippen molar-refractivity contribution in [2.75, 3.05) is 0 Å². The molecule has 2 aromatic rings. The largest absolute Gasteiger partial charge is 0.290 e. The summed E-state index contributed by atoms with van der Waals surface area (Å²) in [4.78, 5) is 4.25. The summed E-state index contributed by atoms with van der Waals surface area (Å²) in [6.07, 6.45) is 0. The van der Waals surface area contributed by atoms with E-state index in [1.54, 1.807) is 48.5 Å². The highest BCUT2D eigenvalue weighted by molar-refractivity contribution is 8.14. The van der Waals surface area contributed by atoms with E-state index < -0.39 is 5.76 Å². The molecule has 0 spiro atoms. The standard InChI is InChI=1S/C14H10ClF2NS/c15-11-6-8-12(9-7-11)18-13(19-14(16)17)10-4-2-1-3-5-10/h1-9,14H. The fraction of sp³-hybridized carbons (Fsp3) is 0.0714. The van der Waals surface area contributed by atoms with Crippen molar-refractivity contribution in [3.05, 3.63) is 65.2 Å². The zero-order valence-electron chi connectivity index (χ0n) is 9.76. The average molecular weight is 298 g/mol. The molecule has 98 valence electrons. The Morgan fingerprint density at radius 3 is 2.21 bits per heavy atom. The van der Waals surface area contributed by atoms with Crippen molar-refractivity contribution >= 4 is 34.1 Å². The lowest BCUT2D eigenvalue weighted by Crippen LogP contribution is -1.98. The summed E-state index contributed by atoms with van der Waals surface area (Å²) in [6, 6.07) is 15.7. The minimum Gasteiger partial charge on any atom is -0.241 e. The van der Waals surface area contributed by atoms with Gasteiger partial charge in [0.25, 0.3) is 5.76 Å². The molecule has 19 heavy (non-hydrogen) atoms. The predicted molar refractivity (Wildman–Crippen MR) is 77.7 cm³/mol. The summed E-state index contributed by atoms with van der Waals surface area (Å²) < 4.78 is 25.2. The van der Waals surface area contributed by atoms with Crippen LogP contribution in [0.4, 0.5) is 14.5 Å². The molecular weight excluding hydrogens is 288 g/mol. The van der Waals surface area contributed by atoms with Gasteiger partial charge in [-0.1, -0.05) is 41.9 Å². The SMILES string of the molecule is FC(F)SC(=Nc1ccc(Cl)cc1)c1ccccc1. The van der Waals surface area contributed by atoms with E-state index in [0.29, 0.717) is 28.0 Å². The van der Waals surface area contributed by atoms with Gasteiger partial charge in [-0.05, 0) is 36.0 Å². The highest BCUT2D eigenvalue weighted by Crippen LogP contribution is 2.25. The van der Waals surface area contributed by atoms with Crippen molar-refractivity contribution in [3.8, 4) is 0 Å². The first-order valence-electron chi connectivity index (χ1n) is 5.49. The Morgan fingerprint density at radius 1 is 1.00 bits per heavy atom. The van der Waals surface area contributed by atoms with Crippen molar-refractivity contribution < 1.29 is 8.78 Å². The molecule has 0 saturated heterocycles. The van der Waals surface area contributed by atoms with Crippen LogP contribution in [0.15, 0.2) is 59.6 Å². The van der Waals surface area contributed by atoms with Gasteiger partial charge in [0.2, 0.25) is 0 Å². The monoisotopic (exact) mass is 297 g/mol. The molecule has 0 aliphatic rings. The minimum atomic E-state index is -2.51. The van der Waals surface area contributed by atoms with Crippen molar-refractivity contribution in [1.29, 1.82) is 0 Å². The fourth-order valence-electron chi connectivity index (χ4n) is 1.46. The molecule has 0 aliphatic carbocycles. The van der Waals surface area contributed by atoms with Gasteiger partial charge in [0.05, 0.1) is 5.69 Å². The van der Waals surface area contributed by atoms with Gasteiger partial charge in [-0.2, -0.15) is 8.78 Å². The Morgan fingerprint density at radius 2 is 1.63 bits per heavy atom. The highest BCUT2D eigenvalue weighted by atomic mass is 35.5. The molecule has 1 nitrogen and oxygen atoms in total. The van der Waals surface area contributed by atoms with Gasteiger partial charge >= 0.3 is 0 Å². The number of rotatable bonds is 3. The number of hydrogen-bond donors (Lipinski definition) is 0. The topological polar surface area (TPSA) is 12.4 Å². The van der Waals surface area contributed by atoms with E-state index in [1.807, 2.05) is 6.07 Å².